The molecule has 2 nitrogen and oxygen atoms in total. The Balaban J connectivity index is 2.54. The molecule has 0 aliphatic rings. The molecule has 1 atom stereocenters. The van der Waals surface area contributed by atoms with Crippen LogP contribution in [0.5, 0.6) is 11.5 Å². The van der Waals surface area contributed by atoms with Crippen molar-refractivity contribution in [1.29, 1.82) is 0 Å². The van der Waals surface area contributed by atoms with Crippen molar-refractivity contribution in [3.63, 3.8) is 0 Å². The first-order valence-corrected chi connectivity index (χ1v) is 6.77. The van der Waals surface area contributed by atoms with Gasteiger partial charge in [0.2, 0.25) is 0 Å². The largest absolute Gasteiger partial charge is 0.508 e. The standard InChI is InChI=1S/C16H24O2/c1-4-6-7-8-11-18-14-9-10-16(17)15(12-14)13(3)5-2/h5,9-10,12-13,17H,2,4,6-8,11H2,1,3H3. The van der Waals surface area contributed by atoms with Gasteiger partial charge in [0.05, 0.1) is 6.61 Å². The van der Waals surface area contributed by atoms with Crippen LogP contribution in [0.2, 0.25) is 0 Å². The van der Waals surface area contributed by atoms with Crippen molar-refractivity contribution in [1.82, 2.24) is 0 Å². The third kappa shape index (κ3) is 4.44. The molecule has 1 aromatic rings. The molecule has 1 unspecified atom stereocenters. The minimum absolute atomic E-state index is 0.133. The monoisotopic (exact) mass is 248 g/mol. The molecular weight excluding hydrogens is 224 g/mol. The van der Waals surface area contributed by atoms with Gasteiger partial charge in [-0.2, -0.15) is 0 Å². The number of benzene rings is 1. The first kappa shape index (κ1) is 14.6. The average Bonchev–Trinajstić information content (AvgIpc) is 2.39. The lowest BCUT2D eigenvalue weighted by molar-refractivity contribution is 0.304. The number of rotatable bonds is 8. The van der Waals surface area contributed by atoms with E-state index in [4.69, 9.17) is 4.74 Å². The van der Waals surface area contributed by atoms with E-state index in [0.717, 1.165) is 24.3 Å². The van der Waals surface area contributed by atoms with E-state index < -0.39 is 0 Å². The van der Waals surface area contributed by atoms with Crippen LogP contribution in [0.15, 0.2) is 30.9 Å². The quantitative estimate of drug-likeness (QED) is 0.536. The topological polar surface area (TPSA) is 29.5 Å². The van der Waals surface area contributed by atoms with E-state index in [9.17, 15) is 5.11 Å². The van der Waals surface area contributed by atoms with Crippen molar-refractivity contribution >= 4 is 0 Å². The van der Waals surface area contributed by atoms with Gasteiger partial charge in [0.1, 0.15) is 11.5 Å². The van der Waals surface area contributed by atoms with Crippen LogP contribution >= 0.6 is 0 Å². The summed E-state index contributed by atoms with van der Waals surface area (Å²) in [5, 5.41) is 9.77. The van der Waals surface area contributed by atoms with Gasteiger partial charge in [0.15, 0.2) is 0 Å². The summed E-state index contributed by atoms with van der Waals surface area (Å²) < 4.78 is 5.70. The summed E-state index contributed by atoms with van der Waals surface area (Å²) in [6, 6.07) is 5.41. The van der Waals surface area contributed by atoms with E-state index in [0.29, 0.717) is 5.75 Å². The Morgan fingerprint density at radius 2 is 2.11 bits per heavy atom. The second kappa shape index (κ2) is 7.80. The Morgan fingerprint density at radius 3 is 2.78 bits per heavy atom. The van der Waals surface area contributed by atoms with Crippen molar-refractivity contribution in [2.24, 2.45) is 0 Å². The summed E-state index contributed by atoms with van der Waals surface area (Å²) >= 11 is 0. The molecule has 0 radical (unpaired) electrons. The van der Waals surface area contributed by atoms with Crippen LogP contribution in [0.3, 0.4) is 0 Å². The average molecular weight is 248 g/mol. The van der Waals surface area contributed by atoms with E-state index in [-0.39, 0.29) is 5.92 Å². The minimum Gasteiger partial charge on any atom is -0.508 e. The van der Waals surface area contributed by atoms with Crippen LogP contribution in [0.1, 0.15) is 51.0 Å². The van der Waals surface area contributed by atoms with Crippen molar-refractivity contribution in [2.75, 3.05) is 6.61 Å². The summed E-state index contributed by atoms with van der Waals surface area (Å²) in [6.45, 7) is 8.70. The Labute approximate surface area is 110 Å². The Hall–Kier alpha value is -1.44. The number of allylic oxidation sites excluding steroid dienone is 1. The highest BCUT2D eigenvalue weighted by Gasteiger charge is 2.08. The molecule has 0 saturated heterocycles. The predicted molar refractivity (Wildman–Crippen MR) is 76.4 cm³/mol. The Kier molecular flexibility index (Phi) is 6.34. The molecule has 0 aliphatic heterocycles. The molecule has 18 heavy (non-hydrogen) atoms. The summed E-state index contributed by atoms with van der Waals surface area (Å²) in [6.07, 6.45) is 6.61. The number of phenols is 1. The van der Waals surface area contributed by atoms with Gasteiger partial charge in [-0.1, -0.05) is 39.2 Å². The second-order valence-electron chi connectivity index (χ2n) is 4.65. The van der Waals surface area contributed by atoms with Gasteiger partial charge in [-0.3, -0.25) is 0 Å². The maximum Gasteiger partial charge on any atom is 0.119 e. The normalized spacial score (nSPS) is 12.1. The highest BCUT2D eigenvalue weighted by atomic mass is 16.5. The van der Waals surface area contributed by atoms with Gasteiger partial charge in [-0.15, -0.1) is 6.58 Å². The maximum atomic E-state index is 9.77. The van der Waals surface area contributed by atoms with Gasteiger partial charge in [0.25, 0.3) is 0 Å². The molecule has 0 bridgehead atoms. The van der Waals surface area contributed by atoms with Gasteiger partial charge in [-0.25, -0.2) is 0 Å². The molecule has 100 valence electrons. The SMILES string of the molecule is C=CC(C)c1cc(OCCCCCC)ccc1O. The summed E-state index contributed by atoms with van der Waals surface area (Å²) in [5.41, 5.74) is 0.871. The van der Waals surface area contributed by atoms with E-state index in [1.165, 1.54) is 19.3 Å². The lowest BCUT2D eigenvalue weighted by Crippen LogP contribution is -1.98. The first-order valence-electron chi connectivity index (χ1n) is 6.77. The van der Waals surface area contributed by atoms with Crippen LogP contribution in [-0.2, 0) is 0 Å². The summed E-state index contributed by atoms with van der Waals surface area (Å²) in [7, 11) is 0. The van der Waals surface area contributed by atoms with Crippen molar-refractivity contribution in [2.45, 2.75) is 45.4 Å². The van der Waals surface area contributed by atoms with Gasteiger partial charge >= 0.3 is 0 Å². The van der Waals surface area contributed by atoms with Gasteiger partial charge in [0, 0.05) is 11.5 Å². The zero-order valence-electron chi connectivity index (χ0n) is 11.5. The van der Waals surface area contributed by atoms with E-state index in [2.05, 4.69) is 13.5 Å². The number of ether oxygens (including phenoxy) is 1. The molecular formula is C16H24O2. The van der Waals surface area contributed by atoms with Gasteiger partial charge < -0.3 is 9.84 Å². The zero-order valence-corrected chi connectivity index (χ0v) is 11.5. The molecule has 2 heteroatoms. The fraction of sp³-hybridized carbons (Fsp3) is 0.500. The van der Waals surface area contributed by atoms with Gasteiger partial charge in [-0.05, 0) is 24.6 Å². The van der Waals surface area contributed by atoms with Crippen LogP contribution < -0.4 is 4.74 Å². The Bertz CT molecular complexity index is 371. The minimum atomic E-state index is 0.133. The number of aromatic hydroxyl groups is 1. The second-order valence-corrected chi connectivity index (χ2v) is 4.65. The molecule has 0 saturated carbocycles. The Morgan fingerprint density at radius 1 is 1.33 bits per heavy atom. The van der Waals surface area contributed by atoms with Crippen LogP contribution in [0, 0.1) is 0 Å². The molecule has 0 fully saturated rings. The molecule has 0 amide bonds. The molecule has 0 aromatic heterocycles. The van der Waals surface area contributed by atoms with E-state index in [1.54, 1.807) is 6.07 Å². The zero-order chi connectivity index (χ0) is 13.4. The molecule has 1 N–H and O–H groups in total. The first-order chi connectivity index (χ1) is 8.69. The van der Waals surface area contributed by atoms with Crippen molar-refractivity contribution < 1.29 is 9.84 Å². The molecule has 0 spiro atoms. The lowest BCUT2D eigenvalue weighted by Gasteiger charge is -2.12. The van der Waals surface area contributed by atoms with Crippen molar-refractivity contribution in [3.05, 3.63) is 36.4 Å². The number of hydrogen-bond acceptors (Lipinski definition) is 2. The number of unbranched alkanes of at least 4 members (excludes halogenated alkanes) is 3. The summed E-state index contributed by atoms with van der Waals surface area (Å²) in [5.74, 6) is 1.27. The maximum absolute atomic E-state index is 9.77. The molecule has 0 heterocycles. The van der Waals surface area contributed by atoms with Crippen LogP contribution in [0.4, 0.5) is 0 Å². The third-order valence-corrected chi connectivity index (χ3v) is 3.11. The predicted octanol–water partition coefficient (Wildman–Crippen LogP) is 4.64. The third-order valence-electron chi connectivity index (χ3n) is 3.11. The number of hydrogen-bond donors (Lipinski definition) is 1. The molecule has 1 aromatic carbocycles. The van der Waals surface area contributed by atoms with Crippen molar-refractivity contribution in [3.8, 4) is 11.5 Å². The van der Waals surface area contributed by atoms with E-state index >= 15 is 0 Å². The van der Waals surface area contributed by atoms with E-state index in [1.807, 2.05) is 25.1 Å². The van der Waals surface area contributed by atoms with Crippen LogP contribution in [0.25, 0.3) is 0 Å². The smallest absolute Gasteiger partial charge is 0.119 e. The fourth-order valence-corrected chi connectivity index (χ4v) is 1.83. The number of phenolic OH excluding ortho intramolecular Hbond substituents is 1. The molecule has 1 rings (SSSR count). The summed E-state index contributed by atoms with van der Waals surface area (Å²) in [4.78, 5) is 0. The molecule has 0 aliphatic carbocycles. The van der Waals surface area contributed by atoms with Crippen LogP contribution in [-0.4, -0.2) is 11.7 Å². The highest BCUT2D eigenvalue weighted by molar-refractivity contribution is 5.42. The fourth-order valence-electron chi connectivity index (χ4n) is 1.83. The lowest BCUT2D eigenvalue weighted by atomic mass is 10.0. The highest BCUT2D eigenvalue weighted by Crippen LogP contribution is 2.30.